The molecule has 29 heavy (non-hydrogen) atoms. The van der Waals surface area contributed by atoms with E-state index in [0.717, 1.165) is 48.6 Å². The normalized spacial score (nSPS) is 15.7. The van der Waals surface area contributed by atoms with Gasteiger partial charge in [0.25, 0.3) is 5.69 Å². The van der Waals surface area contributed by atoms with Crippen LogP contribution in [0.3, 0.4) is 0 Å². The van der Waals surface area contributed by atoms with Crippen molar-refractivity contribution in [3.05, 3.63) is 64.0 Å². The number of nitrogens with zero attached hydrogens (tertiary/aromatic N) is 4. The number of fused-ring (bicyclic) bond motifs is 1. The van der Waals surface area contributed by atoms with Gasteiger partial charge in [0.2, 0.25) is 0 Å². The largest absolute Gasteiger partial charge is 0.494 e. The first-order valence-corrected chi connectivity index (χ1v) is 10.1. The highest BCUT2D eigenvalue weighted by molar-refractivity contribution is 5.79. The van der Waals surface area contributed by atoms with Crippen molar-refractivity contribution in [2.45, 2.75) is 32.2 Å². The monoisotopic (exact) mass is 394 g/mol. The number of hydrogen-bond acceptors (Lipinski definition) is 5. The summed E-state index contributed by atoms with van der Waals surface area (Å²) in [4.78, 5) is 18.0. The van der Waals surface area contributed by atoms with Gasteiger partial charge in [0.05, 0.1) is 22.6 Å². The highest BCUT2D eigenvalue weighted by Crippen LogP contribution is 2.31. The molecule has 0 aliphatic carbocycles. The zero-order valence-electron chi connectivity index (χ0n) is 16.9. The summed E-state index contributed by atoms with van der Waals surface area (Å²) in [6.45, 7) is 4.70. The zero-order valence-corrected chi connectivity index (χ0v) is 16.9. The van der Waals surface area contributed by atoms with Crippen LogP contribution in [0.4, 0.5) is 5.69 Å². The Morgan fingerprint density at radius 3 is 2.55 bits per heavy atom. The molecule has 1 fully saturated rings. The van der Waals surface area contributed by atoms with Crippen LogP contribution in [0.2, 0.25) is 0 Å². The van der Waals surface area contributed by atoms with Gasteiger partial charge in [-0.05, 0) is 63.7 Å². The van der Waals surface area contributed by atoms with E-state index in [1.54, 1.807) is 12.1 Å². The summed E-state index contributed by atoms with van der Waals surface area (Å²) in [6, 6.07) is 13.4. The molecule has 7 nitrogen and oxygen atoms in total. The standard InChI is InChI=1S/C22H26N4O3/c1-3-29-19-7-4-16(5-8-19)14-22-23-20-15-18(26(27)28)6-9-21(20)25(22)17-10-12-24(2)13-11-17/h4-9,15,17H,3,10-14H2,1-2H3. The number of aromatic nitrogens is 2. The highest BCUT2D eigenvalue weighted by Gasteiger charge is 2.24. The van der Waals surface area contributed by atoms with E-state index in [-0.39, 0.29) is 10.6 Å². The number of rotatable bonds is 6. The first-order valence-electron chi connectivity index (χ1n) is 10.1. The minimum atomic E-state index is -0.361. The van der Waals surface area contributed by atoms with Crippen molar-refractivity contribution in [3.63, 3.8) is 0 Å². The maximum atomic E-state index is 11.2. The lowest BCUT2D eigenvalue weighted by Gasteiger charge is -2.31. The van der Waals surface area contributed by atoms with Gasteiger partial charge in [-0.25, -0.2) is 4.98 Å². The summed E-state index contributed by atoms with van der Waals surface area (Å²) < 4.78 is 7.84. The third kappa shape index (κ3) is 4.10. The fourth-order valence-electron chi connectivity index (χ4n) is 4.09. The summed E-state index contributed by atoms with van der Waals surface area (Å²) in [6.07, 6.45) is 2.78. The van der Waals surface area contributed by atoms with Gasteiger partial charge in [0.1, 0.15) is 11.6 Å². The second-order valence-electron chi connectivity index (χ2n) is 7.62. The summed E-state index contributed by atoms with van der Waals surface area (Å²) in [7, 11) is 2.15. The van der Waals surface area contributed by atoms with E-state index in [0.29, 0.717) is 24.6 Å². The Balaban J connectivity index is 1.72. The maximum absolute atomic E-state index is 11.2. The molecule has 0 spiro atoms. The Kier molecular flexibility index (Phi) is 5.49. The number of likely N-dealkylation sites (tertiary alicyclic amines) is 1. The molecule has 1 aliphatic heterocycles. The van der Waals surface area contributed by atoms with Gasteiger partial charge < -0.3 is 14.2 Å². The van der Waals surface area contributed by atoms with Crippen molar-refractivity contribution in [2.24, 2.45) is 0 Å². The molecular formula is C22H26N4O3. The third-order valence-electron chi connectivity index (χ3n) is 5.61. The van der Waals surface area contributed by atoms with Crippen molar-refractivity contribution in [1.82, 2.24) is 14.5 Å². The fourth-order valence-corrected chi connectivity index (χ4v) is 4.09. The number of ether oxygens (including phenoxy) is 1. The third-order valence-corrected chi connectivity index (χ3v) is 5.61. The molecule has 1 saturated heterocycles. The zero-order chi connectivity index (χ0) is 20.4. The second-order valence-corrected chi connectivity index (χ2v) is 7.62. The summed E-state index contributed by atoms with van der Waals surface area (Å²) in [5.74, 6) is 1.81. The topological polar surface area (TPSA) is 73.4 Å². The van der Waals surface area contributed by atoms with Crippen molar-refractivity contribution in [2.75, 3.05) is 26.7 Å². The number of nitro benzene ring substituents is 1. The number of non-ortho nitro benzene ring substituents is 1. The Bertz CT molecular complexity index is 1000. The molecular weight excluding hydrogens is 368 g/mol. The average Bonchev–Trinajstić information content (AvgIpc) is 3.07. The quantitative estimate of drug-likeness (QED) is 0.463. The molecule has 4 rings (SSSR count). The van der Waals surface area contributed by atoms with E-state index < -0.39 is 0 Å². The first-order chi connectivity index (χ1) is 14.0. The number of imidazole rings is 1. The lowest BCUT2D eigenvalue weighted by atomic mass is 10.0. The minimum absolute atomic E-state index is 0.0816. The van der Waals surface area contributed by atoms with Gasteiger partial charge >= 0.3 is 0 Å². The van der Waals surface area contributed by atoms with E-state index in [1.165, 1.54) is 0 Å². The van der Waals surface area contributed by atoms with Crippen LogP contribution < -0.4 is 4.74 Å². The Morgan fingerprint density at radius 2 is 1.90 bits per heavy atom. The number of piperidine rings is 1. The first kappa shape index (κ1) is 19.4. The number of benzene rings is 2. The van der Waals surface area contributed by atoms with Crippen molar-refractivity contribution in [1.29, 1.82) is 0 Å². The molecule has 2 aromatic carbocycles. The van der Waals surface area contributed by atoms with Crippen LogP contribution in [0, 0.1) is 10.1 Å². The Labute approximate surface area is 170 Å². The summed E-state index contributed by atoms with van der Waals surface area (Å²) in [5.41, 5.74) is 2.90. The van der Waals surface area contributed by atoms with Gasteiger partial charge in [-0.15, -0.1) is 0 Å². The van der Waals surface area contributed by atoms with E-state index in [4.69, 9.17) is 9.72 Å². The van der Waals surface area contributed by atoms with Gasteiger partial charge in [-0.3, -0.25) is 10.1 Å². The molecule has 1 aliphatic rings. The van der Waals surface area contributed by atoms with Crippen LogP contribution in [-0.2, 0) is 6.42 Å². The molecule has 1 aromatic heterocycles. The highest BCUT2D eigenvalue weighted by atomic mass is 16.6. The smallest absolute Gasteiger partial charge is 0.271 e. The van der Waals surface area contributed by atoms with E-state index in [9.17, 15) is 10.1 Å². The Morgan fingerprint density at radius 1 is 1.17 bits per heavy atom. The van der Waals surface area contributed by atoms with Crippen LogP contribution in [0.1, 0.15) is 37.2 Å². The van der Waals surface area contributed by atoms with E-state index in [2.05, 4.69) is 28.6 Å². The maximum Gasteiger partial charge on any atom is 0.271 e. The van der Waals surface area contributed by atoms with Crippen LogP contribution in [0.15, 0.2) is 42.5 Å². The minimum Gasteiger partial charge on any atom is -0.494 e. The predicted molar refractivity (Wildman–Crippen MR) is 113 cm³/mol. The molecule has 0 radical (unpaired) electrons. The van der Waals surface area contributed by atoms with Gasteiger partial charge in [-0.1, -0.05) is 12.1 Å². The summed E-state index contributed by atoms with van der Waals surface area (Å²) in [5, 5.41) is 11.2. The van der Waals surface area contributed by atoms with Gasteiger partial charge in [-0.2, -0.15) is 0 Å². The average molecular weight is 394 g/mol. The number of hydrogen-bond donors (Lipinski definition) is 0. The molecule has 0 unspecified atom stereocenters. The molecule has 3 aromatic rings. The van der Waals surface area contributed by atoms with Crippen molar-refractivity contribution in [3.8, 4) is 5.75 Å². The van der Waals surface area contributed by atoms with E-state index in [1.807, 2.05) is 25.1 Å². The van der Waals surface area contributed by atoms with Crippen LogP contribution in [0.25, 0.3) is 11.0 Å². The van der Waals surface area contributed by atoms with E-state index >= 15 is 0 Å². The molecule has 0 bridgehead atoms. The van der Waals surface area contributed by atoms with Gasteiger partial charge in [0.15, 0.2) is 0 Å². The van der Waals surface area contributed by atoms with Crippen molar-refractivity contribution >= 4 is 16.7 Å². The number of nitro groups is 1. The molecule has 7 heteroatoms. The lowest BCUT2D eigenvalue weighted by Crippen LogP contribution is -2.32. The van der Waals surface area contributed by atoms with Crippen LogP contribution >= 0.6 is 0 Å². The molecule has 0 N–H and O–H groups in total. The molecule has 0 saturated carbocycles. The SMILES string of the molecule is CCOc1ccc(Cc2nc3cc([N+](=O)[O-])ccc3n2C2CCN(C)CC2)cc1. The fraction of sp³-hybridized carbons (Fsp3) is 0.409. The molecule has 2 heterocycles. The molecule has 0 atom stereocenters. The summed E-state index contributed by atoms with van der Waals surface area (Å²) >= 11 is 0. The lowest BCUT2D eigenvalue weighted by molar-refractivity contribution is -0.384. The van der Waals surface area contributed by atoms with Gasteiger partial charge in [0, 0.05) is 24.6 Å². The van der Waals surface area contributed by atoms with Crippen LogP contribution in [-0.4, -0.2) is 46.1 Å². The molecule has 152 valence electrons. The van der Waals surface area contributed by atoms with Crippen molar-refractivity contribution < 1.29 is 9.66 Å². The molecule has 0 amide bonds. The van der Waals surface area contributed by atoms with Crippen LogP contribution in [0.5, 0.6) is 5.75 Å². The predicted octanol–water partition coefficient (Wildman–Crippen LogP) is 4.20. The Hall–Kier alpha value is -2.93. The second kappa shape index (κ2) is 8.21.